The van der Waals surface area contributed by atoms with Crippen molar-refractivity contribution in [1.29, 1.82) is 0 Å². The second kappa shape index (κ2) is 4.61. The number of halogens is 1. The average molecular weight is 251 g/mol. The Hall–Kier alpha value is -1.11. The molecular weight excluding hydrogens is 244 g/mol. The molecule has 0 aromatic heterocycles. The molecular formula is C8H7ClO5S. The highest BCUT2D eigenvalue weighted by atomic mass is 35.5. The lowest BCUT2D eigenvalue weighted by Gasteiger charge is -2.03. The summed E-state index contributed by atoms with van der Waals surface area (Å²) in [5.41, 5.74) is 0. The fourth-order valence-corrected chi connectivity index (χ4v) is 1.43. The minimum Gasteiger partial charge on any atom is -0.484 e. The monoisotopic (exact) mass is 250 g/mol. The fraction of sp³-hybridized carbons (Fsp3) is 0.125. The van der Waals surface area contributed by atoms with E-state index in [-0.39, 0.29) is 17.3 Å². The van der Waals surface area contributed by atoms with E-state index < -0.39 is 15.4 Å². The highest BCUT2D eigenvalue weighted by molar-refractivity contribution is 7.85. The Morgan fingerprint density at radius 2 is 2.13 bits per heavy atom. The summed E-state index contributed by atoms with van der Waals surface area (Å²) in [6.07, 6.45) is 0. The van der Waals surface area contributed by atoms with Crippen molar-refractivity contribution in [3.8, 4) is 5.75 Å². The topological polar surface area (TPSA) is 80.7 Å². The van der Waals surface area contributed by atoms with Gasteiger partial charge in [-0.3, -0.25) is 9.35 Å². The van der Waals surface area contributed by atoms with E-state index in [4.69, 9.17) is 20.9 Å². The summed E-state index contributed by atoms with van der Waals surface area (Å²) in [6, 6.07) is 5.10. The molecule has 82 valence electrons. The van der Waals surface area contributed by atoms with Crippen LogP contribution in [0.4, 0.5) is 0 Å². The van der Waals surface area contributed by atoms with Crippen LogP contribution in [0.3, 0.4) is 0 Å². The van der Waals surface area contributed by atoms with Crippen molar-refractivity contribution in [2.24, 2.45) is 0 Å². The van der Waals surface area contributed by atoms with Crippen LogP contribution in [-0.2, 0) is 14.9 Å². The lowest BCUT2D eigenvalue weighted by molar-refractivity contribution is -0.113. The van der Waals surface area contributed by atoms with Crippen LogP contribution in [0.2, 0.25) is 0 Å². The summed E-state index contributed by atoms with van der Waals surface area (Å²) in [6.45, 7) is -0.365. The fourth-order valence-electron chi connectivity index (χ4n) is 0.865. The van der Waals surface area contributed by atoms with Gasteiger partial charge < -0.3 is 4.74 Å². The molecule has 1 aromatic carbocycles. The quantitative estimate of drug-likeness (QED) is 0.639. The minimum absolute atomic E-state index is 0.138. The van der Waals surface area contributed by atoms with Crippen molar-refractivity contribution in [1.82, 2.24) is 0 Å². The van der Waals surface area contributed by atoms with Crippen LogP contribution in [0.5, 0.6) is 5.75 Å². The number of ether oxygens (including phenoxy) is 1. The zero-order valence-electron chi connectivity index (χ0n) is 7.38. The first kappa shape index (κ1) is 12.0. The molecule has 0 atom stereocenters. The van der Waals surface area contributed by atoms with Gasteiger partial charge in [-0.25, -0.2) is 0 Å². The van der Waals surface area contributed by atoms with Gasteiger partial charge >= 0.3 is 0 Å². The molecule has 0 spiro atoms. The molecule has 1 rings (SSSR count). The van der Waals surface area contributed by atoms with E-state index in [1.165, 1.54) is 18.2 Å². The molecule has 0 saturated carbocycles. The Labute approximate surface area is 91.4 Å². The standard InChI is InChI=1S/C8H7ClO5S/c9-8(10)5-14-6-2-1-3-7(4-6)15(11,12)13/h1-4H,5H2,(H,11,12,13). The Morgan fingerprint density at radius 1 is 1.47 bits per heavy atom. The number of hydrogen-bond donors (Lipinski definition) is 1. The van der Waals surface area contributed by atoms with Gasteiger partial charge in [0.1, 0.15) is 5.75 Å². The van der Waals surface area contributed by atoms with Gasteiger partial charge in [0.2, 0.25) is 0 Å². The van der Waals surface area contributed by atoms with Crippen molar-refractivity contribution in [3.05, 3.63) is 24.3 Å². The summed E-state index contributed by atoms with van der Waals surface area (Å²) in [4.78, 5) is 10.1. The van der Waals surface area contributed by atoms with Crippen LogP contribution in [0.15, 0.2) is 29.2 Å². The SMILES string of the molecule is O=C(Cl)COc1cccc(S(=O)(=O)O)c1. The van der Waals surface area contributed by atoms with Gasteiger partial charge in [0.15, 0.2) is 6.61 Å². The highest BCUT2D eigenvalue weighted by Gasteiger charge is 2.10. The molecule has 5 nitrogen and oxygen atoms in total. The van der Waals surface area contributed by atoms with E-state index >= 15 is 0 Å². The van der Waals surface area contributed by atoms with Crippen molar-refractivity contribution in [2.75, 3.05) is 6.61 Å². The number of carbonyl (C=O) groups is 1. The minimum atomic E-state index is -4.26. The second-order valence-electron chi connectivity index (χ2n) is 2.59. The van der Waals surface area contributed by atoms with Gasteiger partial charge in [-0.15, -0.1) is 0 Å². The smallest absolute Gasteiger partial charge is 0.294 e. The van der Waals surface area contributed by atoms with E-state index in [1.807, 2.05) is 0 Å². The normalized spacial score (nSPS) is 11.1. The molecule has 0 amide bonds. The molecule has 0 aliphatic carbocycles. The third-order valence-electron chi connectivity index (χ3n) is 1.46. The molecule has 0 heterocycles. The van der Waals surface area contributed by atoms with Gasteiger partial charge in [0.05, 0.1) is 4.90 Å². The summed E-state index contributed by atoms with van der Waals surface area (Å²) in [5.74, 6) is 0.138. The van der Waals surface area contributed by atoms with Gasteiger partial charge in [-0.05, 0) is 23.7 Å². The lowest BCUT2D eigenvalue weighted by atomic mass is 10.3. The third kappa shape index (κ3) is 3.86. The molecule has 0 bridgehead atoms. The first-order chi connectivity index (χ1) is 6.89. The van der Waals surface area contributed by atoms with E-state index in [1.54, 1.807) is 0 Å². The number of rotatable bonds is 4. The summed E-state index contributed by atoms with van der Waals surface area (Å²) in [5, 5.41) is -0.702. The number of hydrogen-bond acceptors (Lipinski definition) is 4. The maximum absolute atomic E-state index is 10.7. The zero-order valence-corrected chi connectivity index (χ0v) is 8.96. The van der Waals surface area contributed by atoms with Crippen molar-refractivity contribution in [3.63, 3.8) is 0 Å². The van der Waals surface area contributed by atoms with Gasteiger partial charge in [-0.2, -0.15) is 8.42 Å². The van der Waals surface area contributed by atoms with E-state index in [9.17, 15) is 13.2 Å². The first-order valence-corrected chi connectivity index (χ1v) is 5.60. The predicted molar refractivity (Wildman–Crippen MR) is 52.6 cm³/mol. The molecule has 0 aliphatic rings. The third-order valence-corrected chi connectivity index (χ3v) is 2.41. The maximum atomic E-state index is 10.7. The lowest BCUT2D eigenvalue weighted by Crippen LogP contribution is -2.05. The molecule has 0 saturated heterocycles. The molecule has 0 unspecified atom stereocenters. The van der Waals surface area contributed by atoms with Crippen LogP contribution in [0.25, 0.3) is 0 Å². The van der Waals surface area contributed by atoms with E-state index in [0.29, 0.717) is 0 Å². The number of carbonyl (C=O) groups excluding carboxylic acids is 1. The molecule has 0 radical (unpaired) electrons. The average Bonchev–Trinajstić information content (AvgIpc) is 2.14. The van der Waals surface area contributed by atoms with E-state index in [0.717, 1.165) is 6.07 Å². The van der Waals surface area contributed by atoms with Gasteiger partial charge in [-0.1, -0.05) is 6.07 Å². The van der Waals surface area contributed by atoms with Crippen LogP contribution < -0.4 is 4.74 Å². The van der Waals surface area contributed by atoms with E-state index in [2.05, 4.69) is 0 Å². The van der Waals surface area contributed by atoms with Crippen molar-refractivity contribution in [2.45, 2.75) is 4.90 Å². The molecule has 0 aliphatic heterocycles. The van der Waals surface area contributed by atoms with Crippen LogP contribution in [0.1, 0.15) is 0 Å². The predicted octanol–water partition coefficient (Wildman–Crippen LogP) is 1.08. The summed E-state index contributed by atoms with van der Waals surface area (Å²) >= 11 is 5.03. The van der Waals surface area contributed by atoms with Crippen molar-refractivity contribution < 1.29 is 22.5 Å². The zero-order chi connectivity index (χ0) is 11.5. The van der Waals surface area contributed by atoms with Gasteiger partial charge in [0.25, 0.3) is 15.4 Å². The Bertz CT molecular complexity index is 468. The number of benzene rings is 1. The molecule has 7 heteroatoms. The largest absolute Gasteiger partial charge is 0.484 e. The summed E-state index contributed by atoms with van der Waals surface area (Å²) < 4.78 is 35.0. The maximum Gasteiger partial charge on any atom is 0.294 e. The second-order valence-corrected chi connectivity index (χ2v) is 4.44. The molecule has 0 fully saturated rings. The molecule has 1 aromatic rings. The molecule has 15 heavy (non-hydrogen) atoms. The highest BCUT2D eigenvalue weighted by Crippen LogP contribution is 2.17. The van der Waals surface area contributed by atoms with Crippen LogP contribution >= 0.6 is 11.6 Å². The van der Waals surface area contributed by atoms with Crippen LogP contribution in [0, 0.1) is 0 Å². The van der Waals surface area contributed by atoms with Crippen molar-refractivity contribution >= 4 is 27.0 Å². The molecule has 1 N–H and O–H groups in total. The van der Waals surface area contributed by atoms with Gasteiger partial charge in [0, 0.05) is 6.07 Å². The Kier molecular flexibility index (Phi) is 3.67. The Balaban J connectivity index is 2.89. The Morgan fingerprint density at radius 3 is 2.67 bits per heavy atom. The first-order valence-electron chi connectivity index (χ1n) is 3.78. The van der Waals surface area contributed by atoms with Crippen LogP contribution in [-0.4, -0.2) is 24.8 Å². The summed E-state index contributed by atoms with van der Waals surface area (Å²) in [7, 11) is -4.26.